The number of aryl methyl sites for hydroxylation is 1. The fourth-order valence-corrected chi connectivity index (χ4v) is 2.96. The van der Waals surface area contributed by atoms with Crippen LogP contribution in [0.25, 0.3) is 0 Å². The number of nitrogens with one attached hydrogen (secondary N) is 2. The number of anilines is 2. The number of rotatable bonds is 7. The molecule has 0 aliphatic heterocycles. The van der Waals surface area contributed by atoms with E-state index in [2.05, 4.69) is 15.3 Å². The van der Waals surface area contributed by atoms with Crippen LogP contribution >= 0.6 is 11.6 Å². The second-order valence-corrected chi connectivity index (χ2v) is 7.91. The van der Waals surface area contributed by atoms with Crippen molar-refractivity contribution in [1.29, 1.82) is 0 Å². The van der Waals surface area contributed by atoms with Crippen molar-refractivity contribution < 1.29 is 9.53 Å². The largest absolute Gasteiger partial charge is 0.462 e. The summed E-state index contributed by atoms with van der Waals surface area (Å²) in [6.45, 7) is 6.15. The third kappa shape index (κ3) is 5.70. The second kappa shape index (κ2) is 9.59. The lowest BCUT2D eigenvalue weighted by atomic mass is 10.1. The number of esters is 1. The highest BCUT2D eigenvalue weighted by molar-refractivity contribution is 6.30. The van der Waals surface area contributed by atoms with Gasteiger partial charge in [0, 0.05) is 22.7 Å². The van der Waals surface area contributed by atoms with Crippen LogP contribution in [0.1, 0.15) is 41.0 Å². The van der Waals surface area contributed by atoms with Crippen LogP contribution in [0.3, 0.4) is 0 Å². The number of hydrogen-bond donors (Lipinski definition) is 2. The Morgan fingerprint density at radius 3 is 2.40 bits per heavy atom. The molecule has 0 unspecified atom stereocenters. The van der Waals surface area contributed by atoms with Crippen molar-refractivity contribution in [2.75, 3.05) is 11.9 Å². The number of halogens is 1. The van der Waals surface area contributed by atoms with E-state index in [1.54, 1.807) is 43.3 Å². The molecule has 3 rings (SSSR count). The number of aromatic nitrogens is 2. The zero-order valence-electron chi connectivity index (χ0n) is 17.2. The summed E-state index contributed by atoms with van der Waals surface area (Å²) < 4.78 is 5.22. The third-order valence-corrected chi connectivity index (χ3v) is 4.70. The van der Waals surface area contributed by atoms with E-state index in [0.29, 0.717) is 46.5 Å². The van der Waals surface area contributed by atoms with E-state index in [-0.39, 0.29) is 17.4 Å². The first kappa shape index (κ1) is 21.6. The van der Waals surface area contributed by atoms with Crippen LogP contribution in [0.2, 0.25) is 5.02 Å². The Morgan fingerprint density at radius 2 is 1.80 bits per heavy atom. The molecule has 2 N–H and O–H groups in total. The first-order chi connectivity index (χ1) is 14.3. The van der Waals surface area contributed by atoms with Crippen LogP contribution in [0.4, 0.5) is 11.6 Å². The van der Waals surface area contributed by atoms with Gasteiger partial charge in [0.2, 0.25) is 5.95 Å². The standard InChI is InChI=1S/C23H24ClN3O3/c1-14(2)13-30-22(29)17-6-10-19(11-7-17)26-23-25-15(3)20(21(28)27-23)12-16-4-8-18(24)9-5-16/h4-11,14H,12-13H2,1-3H3,(H2,25,26,27,28). The first-order valence-corrected chi connectivity index (χ1v) is 10.1. The molecule has 0 atom stereocenters. The van der Waals surface area contributed by atoms with Gasteiger partial charge in [-0.2, -0.15) is 0 Å². The molecular formula is C23H24ClN3O3. The van der Waals surface area contributed by atoms with Gasteiger partial charge in [-0.1, -0.05) is 37.6 Å². The fourth-order valence-electron chi connectivity index (χ4n) is 2.84. The van der Waals surface area contributed by atoms with Crippen molar-refractivity contribution in [2.24, 2.45) is 5.92 Å². The van der Waals surface area contributed by atoms with Crippen molar-refractivity contribution >= 4 is 29.2 Å². The lowest BCUT2D eigenvalue weighted by Gasteiger charge is -2.10. The molecular weight excluding hydrogens is 402 g/mol. The van der Waals surface area contributed by atoms with E-state index in [9.17, 15) is 9.59 Å². The van der Waals surface area contributed by atoms with E-state index in [0.717, 1.165) is 5.56 Å². The molecule has 0 saturated heterocycles. The Kier molecular flexibility index (Phi) is 6.90. The maximum atomic E-state index is 12.6. The highest BCUT2D eigenvalue weighted by Crippen LogP contribution is 2.17. The Morgan fingerprint density at radius 1 is 1.13 bits per heavy atom. The average molecular weight is 426 g/mol. The van der Waals surface area contributed by atoms with Crippen molar-refractivity contribution in [3.8, 4) is 0 Å². The molecule has 0 spiro atoms. The molecule has 1 aromatic heterocycles. The molecule has 156 valence electrons. The van der Waals surface area contributed by atoms with Gasteiger partial charge in [-0.05, 0) is 54.8 Å². The Hall–Kier alpha value is -3.12. The van der Waals surface area contributed by atoms with Crippen LogP contribution in [0, 0.1) is 12.8 Å². The summed E-state index contributed by atoms with van der Waals surface area (Å²) in [5.41, 5.74) is 3.20. The highest BCUT2D eigenvalue weighted by Gasteiger charge is 2.11. The van der Waals surface area contributed by atoms with Crippen LogP contribution in [0.5, 0.6) is 0 Å². The van der Waals surface area contributed by atoms with Crippen LogP contribution in [-0.2, 0) is 11.2 Å². The molecule has 30 heavy (non-hydrogen) atoms. The summed E-state index contributed by atoms with van der Waals surface area (Å²) in [5, 5.41) is 3.72. The number of nitrogens with zero attached hydrogens (tertiary/aromatic N) is 1. The van der Waals surface area contributed by atoms with Crippen LogP contribution < -0.4 is 10.9 Å². The van der Waals surface area contributed by atoms with Gasteiger partial charge in [0.25, 0.3) is 5.56 Å². The Balaban J connectivity index is 1.70. The molecule has 3 aromatic rings. The van der Waals surface area contributed by atoms with Crippen molar-refractivity contribution in [3.63, 3.8) is 0 Å². The summed E-state index contributed by atoms with van der Waals surface area (Å²) in [5.74, 6) is 0.264. The Bertz CT molecular complexity index is 1070. The van der Waals surface area contributed by atoms with E-state index >= 15 is 0 Å². The van der Waals surface area contributed by atoms with E-state index in [4.69, 9.17) is 16.3 Å². The smallest absolute Gasteiger partial charge is 0.338 e. The quantitative estimate of drug-likeness (QED) is 0.527. The van der Waals surface area contributed by atoms with Crippen molar-refractivity contribution in [3.05, 3.63) is 86.3 Å². The zero-order chi connectivity index (χ0) is 21.7. The molecule has 0 aliphatic rings. The summed E-state index contributed by atoms with van der Waals surface area (Å²) in [6.07, 6.45) is 0.471. The summed E-state index contributed by atoms with van der Waals surface area (Å²) in [6, 6.07) is 14.2. The predicted molar refractivity (Wildman–Crippen MR) is 119 cm³/mol. The van der Waals surface area contributed by atoms with E-state index < -0.39 is 0 Å². The number of ether oxygens (including phenoxy) is 1. The lowest BCUT2D eigenvalue weighted by Crippen LogP contribution is -2.18. The Labute approximate surface area is 180 Å². The third-order valence-electron chi connectivity index (χ3n) is 4.45. The number of H-pyrrole nitrogens is 1. The van der Waals surface area contributed by atoms with E-state index in [1.165, 1.54) is 0 Å². The predicted octanol–water partition coefficient (Wildman–Crippen LogP) is 4.88. The van der Waals surface area contributed by atoms with Gasteiger partial charge >= 0.3 is 5.97 Å². The van der Waals surface area contributed by atoms with E-state index in [1.807, 2.05) is 26.0 Å². The molecule has 2 aromatic carbocycles. The molecule has 0 bridgehead atoms. The summed E-state index contributed by atoms with van der Waals surface area (Å²) >= 11 is 5.92. The van der Waals surface area contributed by atoms with Gasteiger partial charge in [0.05, 0.1) is 17.9 Å². The van der Waals surface area contributed by atoms with Gasteiger partial charge in [-0.15, -0.1) is 0 Å². The minimum Gasteiger partial charge on any atom is -0.462 e. The number of benzene rings is 2. The molecule has 0 saturated carbocycles. The highest BCUT2D eigenvalue weighted by atomic mass is 35.5. The van der Waals surface area contributed by atoms with Crippen molar-refractivity contribution in [2.45, 2.75) is 27.2 Å². The maximum Gasteiger partial charge on any atom is 0.338 e. The molecule has 0 fully saturated rings. The monoisotopic (exact) mass is 425 g/mol. The number of carbonyl (C=O) groups excluding carboxylic acids is 1. The van der Waals surface area contributed by atoms with Crippen molar-refractivity contribution in [1.82, 2.24) is 9.97 Å². The minimum atomic E-state index is -0.357. The average Bonchev–Trinajstić information content (AvgIpc) is 2.71. The molecule has 0 aliphatic carbocycles. The fraction of sp³-hybridized carbons (Fsp3) is 0.261. The minimum absolute atomic E-state index is 0.200. The molecule has 1 heterocycles. The SMILES string of the molecule is Cc1nc(Nc2ccc(C(=O)OCC(C)C)cc2)[nH]c(=O)c1Cc1ccc(Cl)cc1. The summed E-state index contributed by atoms with van der Waals surface area (Å²) in [4.78, 5) is 31.8. The van der Waals surface area contributed by atoms with Gasteiger partial charge < -0.3 is 10.1 Å². The van der Waals surface area contributed by atoms with Gasteiger partial charge in [-0.3, -0.25) is 9.78 Å². The number of aromatic amines is 1. The molecule has 6 nitrogen and oxygen atoms in total. The first-order valence-electron chi connectivity index (χ1n) is 9.70. The second-order valence-electron chi connectivity index (χ2n) is 7.48. The topological polar surface area (TPSA) is 84.1 Å². The maximum absolute atomic E-state index is 12.6. The molecule has 0 amide bonds. The number of hydrogen-bond acceptors (Lipinski definition) is 5. The summed E-state index contributed by atoms with van der Waals surface area (Å²) in [7, 11) is 0. The van der Waals surface area contributed by atoms with Gasteiger partial charge in [0.15, 0.2) is 0 Å². The number of carbonyl (C=O) groups is 1. The van der Waals surface area contributed by atoms with Crippen LogP contribution in [-0.4, -0.2) is 22.5 Å². The lowest BCUT2D eigenvalue weighted by molar-refractivity contribution is 0.0459. The van der Waals surface area contributed by atoms with Crippen LogP contribution in [0.15, 0.2) is 53.3 Å². The molecule has 7 heteroatoms. The normalized spacial score (nSPS) is 10.8. The van der Waals surface area contributed by atoms with Gasteiger partial charge in [-0.25, -0.2) is 9.78 Å². The molecule has 0 radical (unpaired) electrons. The zero-order valence-corrected chi connectivity index (χ0v) is 17.9. The van der Waals surface area contributed by atoms with Gasteiger partial charge in [0.1, 0.15) is 0 Å².